The van der Waals surface area contributed by atoms with Crippen LogP contribution in [0.2, 0.25) is 0 Å². The summed E-state index contributed by atoms with van der Waals surface area (Å²) >= 11 is 0.956. The van der Waals surface area contributed by atoms with Crippen LogP contribution in [0.25, 0.3) is 0 Å². The van der Waals surface area contributed by atoms with E-state index in [9.17, 15) is 30.0 Å². The average molecular weight is 366 g/mol. The molecule has 6 N–H and O–H groups in total. The van der Waals surface area contributed by atoms with E-state index in [-0.39, 0.29) is 11.1 Å². The average Bonchev–Trinajstić information content (AvgIpc) is 2.56. The van der Waals surface area contributed by atoms with Gasteiger partial charge in [0.1, 0.15) is 22.6 Å². The van der Waals surface area contributed by atoms with Crippen molar-refractivity contribution in [3.8, 4) is 11.5 Å². The van der Waals surface area contributed by atoms with Gasteiger partial charge in [-0.3, -0.25) is 0 Å². The number of carboxylic acid groups (broad SMARTS) is 2. The minimum absolute atomic E-state index is 0.00187. The number of carbonyl (C=O) groups is 2. The lowest BCUT2D eigenvalue weighted by atomic mass is 10.1. The maximum absolute atomic E-state index is 11.2. The minimum atomic E-state index is -1.39. The first kappa shape index (κ1) is 18.6. The predicted octanol–water partition coefficient (Wildman–Crippen LogP) is 1.63. The molecule has 0 aliphatic rings. The molecule has 2 aromatic carbocycles. The number of aliphatic hydroxyl groups is 2. The van der Waals surface area contributed by atoms with Crippen LogP contribution in [0.3, 0.4) is 0 Å². The van der Waals surface area contributed by atoms with Gasteiger partial charge in [0.25, 0.3) is 0 Å². The summed E-state index contributed by atoms with van der Waals surface area (Å²) in [6.45, 7) is -1.17. The lowest BCUT2D eigenvalue weighted by Gasteiger charge is -2.11. The lowest BCUT2D eigenvalue weighted by Crippen LogP contribution is -2.01. The smallest absolute Gasteiger partial charge is 0.339 e. The fourth-order valence-corrected chi connectivity index (χ4v) is 3.18. The van der Waals surface area contributed by atoms with Crippen molar-refractivity contribution < 1.29 is 40.2 Å². The standard InChI is InChI=1S/C16H14O8S/c17-5-7-1-9(3-11(13(7)19)15(21)22)25-10-2-8(6-18)14(20)12(4-10)16(23)24/h1-4,17-20H,5-6H2,(H,21,22)(H,23,24). The Balaban J connectivity index is 2.53. The molecule has 2 rings (SSSR count). The van der Waals surface area contributed by atoms with Crippen LogP contribution in [-0.4, -0.2) is 42.6 Å². The Kier molecular flexibility index (Phi) is 5.52. The second-order valence-corrected chi connectivity index (χ2v) is 6.13. The molecule has 0 heterocycles. The van der Waals surface area contributed by atoms with E-state index >= 15 is 0 Å². The van der Waals surface area contributed by atoms with Crippen molar-refractivity contribution in [1.82, 2.24) is 0 Å². The summed E-state index contributed by atoms with van der Waals surface area (Å²) in [4.78, 5) is 23.0. The van der Waals surface area contributed by atoms with Crippen LogP contribution in [0, 0.1) is 0 Å². The van der Waals surface area contributed by atoms with Gasteiger partial charge in [0.15, 0.2) is 0 Å². The van der Waals surface area contributed by atoms with Crippen molar-refractivity contribution in [2.24, 2.45) is 0 Å². The fraction of sp³-hybridized carbons (Fsp3) is 0.125. The van der Waals surface area contributed by atoms with Crippen molar-refractivity contribution in [3.63, 3.8) is 0 Å². The number of phenols is 2. The third-order valence-electron chi connectivity index (χ3n) is 3.36. The van der Waals surface area contributed by atoms with Crippen molar-refractivity contribution in [1.29, 1.82) is 0 Å². The highest BCUT2D eigenvalue weighted by molar-refractivity contribution is 7.99. The quantitative estimate of drug-likeness (QED) is 0.447. The summed E-state index contributed by atoms with van der Waals surface area (Å²) in [5, 5.41) is 56.3. The lowest BCUT2D eigenvalue weighted by molar-refractivity contribution is 0.0681. The molecule has 25 heavy (non-hydrogen) atoms. The second kappa shape index (κ2) is 7.43. The zero-order valence-electron chi connectivity index (χ0n) is 12.6. The Hall–Kier alpha value is -2.75. The Morgan fingerprint density at radius 1 is 0.760 bits per heavy atom. The number of hydrogen-bond donors (Lipinski definition) is 6. The van der Waals surface area contributed by atoms with E-state index in [2.05, 4.69) is 0 Å². The van der Waals surface area contributed by atoms with Gasteiger partial charge in [0.05, 0.1) is 13.2 Å². The second-order valence-electron chi connectivity index (χ2n) is 4.99. The van der Waals surface area contributed by atoms with Crippen molar-refractivity contribution in [2.45, 2.75) is 23.0 Å². The van der Waals surface area contributed by atoms with Gasteiger partial charge in [-0.15, -0.1) is 0 Å². The van der Waals surface area contributed by atoms with Crippen LogP contribution in [0.4, 0.5) is 0 Å². The first-order valence-corrected chi connectivity index (χ1v) is 7.68. The molecule has 2 aromatic rings. The largest absolute Gasteiger partial charge is 0.507 e. The molecule has 0 amide bonds. The molecular formula is C16H14O8S. The van der Waals surface area contributed by atoms with Crippen LogP contribution in [0.1, 0.15) is 31.8 Å². The highest BCUT2D eigenvalue weighted by Crippen LogP contribution is 2.37. The molecule has 0 aliphatic heterocycles. The summed E-state index contributed by atoms with van der Waals surface area (Å²) in [5.74, 6) is -3.87. The maximum atomic E-state index is 11.2. The van der Waals surface area contributed by atoms with Crippen molar-refractivity contribution in [2.75, 3.05) is 0 Å². The molecular weight excluding hydrogens is 352 g/mol. The fourth-order valence-electron chi connectivity index (χ4n) is 2.15. The predicted molar refractivity (Wildman–Crippen MR) is 86.1 cm³/mol. The number of carboxylic acids is 2. The molecule has 0 aliphatic carbocycles. The van der Waals surface area contributed by atoms with Gasteiger partial charge >= 0.3 is 11.9 Å². The molecule has 132 valence electrons. The number of hydrogen-bond acceptors (Lipinski definition) is 7. The van der Waals surface area contributed by atoms with Crippen LogP contribution in [0.5, 0.6) is 11.5 Å². The third-order valence-corrected chi connectivity index (χ3v) is 4.30. The van der Waals surface area contributed by atoms with E-state index in [1.165, 1.54) is 24.3 Å². The van der Waals surface area contributed by atoms with Crippen LogP contribution in [-0.2, 0) is 13.2 Å². The van der Waals surface area contributed by atoms with E-state index in [0.717, 1.165) is 11.8 Å². The molecule has 0 saturated carbocycles. The van der Waals surface area contributed by atoms with Gasteiger partial charge in [-0.2, -0.15) is 0 Å². The van der Waals surface area contributed by atoms with Gasteiger partial charge in [-0.25, -0.2) is 9.59 Å². The number of aliphatic hydroxyl groups excluding tert-OH is 2. The highest BCUT2D eigenvalue weighted by atomic mass is 32.2. The molecule has 0 aromatic heterocycles. The van der Waals surface area contributed by atoms with E-state index in [4.69, 9.17) is 10.2 Å². The minimum Gasteiger partial charge on any atom is -0.507 e. The summed E-state index contributed by atoms with van der Waals surface area (Å²) in [6.07, 6.45) is 0. The molecule has 8 nitrogen and oxygen atoms in total. The highest BCUT2D eigenvalue weighted by Gasteiger charge is 2.18. The van der Waals surface area contributed by atoms with E-state index in [0.29, 0.717) is 9.79 Å². The van der Waals surface area contributed by atoms with Crippen LogP contribution < -0.4 is 0 Å². The summed E-state index contributed by atoms with van der Waals surface area (Å²) in [7, 11) is 0. The molecule has 0 atom stereocenters. The molecule has 9 heteroatoms. The Bertz CT molecular complexity index is 777. The third kappa shape index (κ3) is 3.85. The molecule has 0 radical (unpaired) electrons. The molecule has 0 bridgehead atoms. The number of rotatable bonds is 6. The first-order chi connectivity index (χ1) is 11.8. The van der Waals surface area contributed by atoms with Gasteiger partial charge in [0, 0.05) is 20.9 Å². The van der Waals surface area contributed by atoms with E-state index in [1.807, 2.05) is 0 Å². The van der Waals surface area contributed by atoms with Gasteiger partial charge in [-0.1, -0.05) is 11.8 Å². The number of aromatic carboxylic acids is 2. The molecule has 0 fully saturated rings. The molecule has 0 unspecified atom stereocenters. The SMILES string of the molecule is O=C(O)c1cc(Sc2cc(CO)c(O)c(C(=O)O)c2)cc(CO)c1O. The summed E-state index contributed by atoms with van der Waals surface area (Å²) < 4.78 is 0. The van der Waals surface area contributed by atoms with Gasteiger partial charge in [-0.05, 0) is 24.3 Å². The Labute approximate surface area is 145 Å². The van der Waals surface area contributed by atoms with Crippen molar-refractivity contribution in [3.05, 3.63) is 46.5 Å². The zero-order chi connectivity index (χ0) is 18.7. The van der Waals surface area contributed by atoms with E-state index in [1.54, 1.807) is 0 Å². The molecule has 0 spiro atoms. The van der Waals surface area contributed by atoms with Gasteiger partial charge in [0.2, 0.25) is 0 Å². The Morgan fingerprint density at radius 3 is 1.40 bits per heavy atom. The molecule has 0 saturated heterocycles. The van der Waals surface area contributed by atoms with E-state index < -0.39 is 47.8 Å². The van der Waals surface area contributed by atoms with Crippen LogP contribution >= 0.6 is 11.8 Å². The zero-order valence-corrected chi connectivity index (χ0v) is 13.4. The number of aromatic hydroxyl groups is 2. The topological polar surface area (TPSA) is 156 Å². The summed E-state index contributed by atoms with van der Waals surface area (Å²) in [5.41, 5.74) is -0.814. The normalized spacial score (nSPS) is 10.6. The first-order valence-electron chi connectivity index (χ1n) is 6.86. The van der Waals surface area contributed by atoms with Crippen LogP contribution in [0.15, 0.2) is 34.1 Å². The number of benzene rings is 2. The van der Waals surface area contributed by atoms with Gasteiger partial charge < -0.3 is 30.6 Å². The maximum Gasteiger partial charge on any atom is 0.339 e. The Morgan fingerprint density at radius 2 is 1.12 bits per heavy atom. The monoisotopic (exact) mass is 366 g/mol. The van der Waals surface area contributed by atoms with Crippen molar-refractivity contribution >= 4 is 23.7 Å². The summed E-state index contributed by atoms with van der Waals surface area (Å²) in [6, 6.07) is 5.07.